The largest absolute Gasteiger partial charge is 0.366 e. The summed E-state index contributed by atoms with van der Waals surface area (Å²) in [5.41, 5.74) is 11.2. The van der Waals surface area contributed by atoms with Crippen LogP contribution in [0.15, 0.2) is 23.1 Å². The van der Waals surface area contributed by atoms with Crippen LogP contribution in [-0.4, -0.2) is 27.4 Å². The van der Waals surface area contributed by atoms with Crippen LogP contribution in [0, 0.1) is 6.92 Å². The molecular formula is C10H16ClN3O3S. The number of primary amides is 1. The van der Waals surface area contributed by atoms with Crippen molar-refractivity contribution in [3.63, 3.8) is 0 Å². The fourth-order valence-corrected chi connectivity index (χ4v) is 2.38. The molecule has 8 heteroatoms. The Labute approximate surface area is 112 Å². The molecule has 1 amide bonds. The summed E-state index contributed by atoms with van der Waals surface area (Å²) in [4.78, 5) is 11.1. The molecule has 18 heavy (non-hydrogen) atoms. The Balaban J connectivity index is 0.00000289. The van der Waals surface area contributed by atoms with Crippen LogP contribution in [0.3, 0.4) is 0 Å². The number of hydrogen-bond acceptors (Lipinski definition) is 4. The predicted octanol–water partition coefficient (Wildman–Crippen LogP) is -0.247. The molecule has 0 heterocycles. The van der Waals surface area contributed by atoms with Crippen LogP contribution >= 0.6 is 12.4 Å². The monoisotopic (exact) mass is 293 g/mol. The van der Waals surface area contributed by atoms with E-state index in [-0.39, 0.29) is 36.0 Å². The van der Waals surface area contributed by atoms with Gasteiger partial charge >= 0.3 is 0 Å². The van der Waals surface area contributed by atoms with E-state index in [9.17, 15) is 13.2 Å². The summed E-state index contributed by atoms with van der Waals surface area (Å²) < 4.78 is 25.8. The van der Waals surface area contributed by atoms with Crippen molar-refractivity contribution < 1.29 is 13.2 Å². The first-order chi connectivity index (χ1) is 7.88. The number of aryl methyl sites for hydroxylation is 1. The molecule has 1 aromatic rings. The van der Waals surface area contributed by atoms with E-state index < -0.39 is 15.9 Å². The molecule has 0 aliphatic heterocycles. The van der Waals surface area contributed by atoms with Crippen LogP contribution in [0.25, 0.3) is 0 Å². The van der Waals surface area contributed by atoms with Crippen molar-refractivity contribution >= 4 is 28.3 Å². The number of sulfonamides is 1. The number of hydrogen-bond donors (Lipinski definition) is 3. The van der Waals surface area contributed by atoms with Gasteiger partial charge in [0.2, 0.25) is 15.9 Å². The molecule has 0 aliphatic carbocycles. The van der Waals surface area contributed by atoms with Crippen molar-refractivity contribution in [1.82, 2.24) is 4.72 Å². The summed E-state index contributed by atoms with van der Waals surface area (Å²) in [6.45, 7) is 2.03. The van der Waals surface area contributed by atoms with Crippen LogP contribution in [-0.2, 0) is 10.0 Å². The van der Waals surface area contributed by atoms with Crippen LogP contribution in [0.1, 0.15) is 15.9 Å². The highest BCUT2D eigenvalue weighted by Crippen LogP contribution is 2.14. The van der Waals surface area contributed by atoms with Gasteiger partial charge in [-0.1, -0.05) is 6.07 Å². The van der Waals surface area contributed by atoms with Gasteiger partial charge in [-0.2, -0.15) is 0 Å². The second-order valence-electron chi connectivity index (χ2n) is 3.53. The summed E-state index contributed by atoms with van der Waals surface area (Å²) in [6.07, 6.45) is 0. The van der Waals surface area contributed by atoms with Crippen molar-refractivity contribution in [2.24, 2.45) is 11.5 Å². The topological polar surface area (TPSA) is 115 Å². The Hall–Kier alpha value is -1.15. The second-order valence-corrected chi connectivity index (χ2v) is 5.29. The smallest absolute Gasteiger partial charge is 0.249 e. The SMILES string of the molecule is Cc1ccc(S(=O)(=O)NCCN)cc1C(N)=O.Cl. The van der Waals surface area contributed by atoms with Crippen LogP contribution in [0.4, 0.5) is 0 Å². The minimum absolute atomic E-state index is 0. The van der Waals surface area contributed by atoms with E-state index in [1.165, 1.54) is 18.2 Å². The van der Waals surface area contributed by atoms with Crippen molar-refractivity contribution in [2.75, 3.05) is 13.1 Å². The Morgan fingerprint density at radius 1 is 1.39 bits per heavy atom. The van der Waals surface area contributed by atoms with Crippen molar-refractivity contribution in [2.45, 2.75) is 11.8 Å². The zero-order valence-electron chi connectivity index (χ0n) is 9.84. The highest BCUT2D eigenvalue weighted by Gasteiger charge is 2.16. The summed E-state index contributed by atoms with van der Waals surface area (Å²) in [7, 11) is -3.63. The quantitative estimate of drug-likeness (QED) is 0.694. The van der Waals surface area contributed by atoms with Gasteiger partial charge in [0.25, 0.3) is 0 Å². The minimum atomic E-state index is -3.63. The van der Waals surface area contributed by atoms with E-state index in [0.717, 1.165) is 0 Å². The van der Waals surface area contributed by atoms with E-state index in [4.69, 9.17) is 11.5 Å². The molecule has 102 valence electrons. The van der Waals surface area contributed by atoms with Crippen molar-refractivity contribution in [1.29, 1.82) is 0 Å². The normalized spacial score (nSPS) is 10.8. The molecule has 0 saturated carbocycles. The van der Waals surface area contributed by atoms with E-state index in [1.807, 2.05) is 0 Å². The molecule has 0 fully saturated rings. The standard InChI is InChI=1S/C10H15N3O3S.ClH/c1-7-2-3-8(6-9(7)10(12)14)17(15,16)13-5-4-11;/h2-3,6,13H,4-5,11H2,1H3,(H2,12,14);1H. The molecule has 1 aromatic carbocycles. The summed E-state index contributed by atoms with van der Waals surface area (Å²) in [5, 5.41) is 0. The van der Waals surface area contributed by atoms with Gasteiger partial charge in [-0.15, -0.1) is 12.4 Å². The van der Waals surface area contributed by atoms with E-state index in [0.29, 0.717) is 5.56 Å². The Kier molecular flexibility index (Phi) is 6.27. The molecule has 5 N–H and O–H groups in total. The third-order valence-corrected chi connectivity index (χ3v) is 3.68. The fraction of sp³-hybridized carbons (Fsp3) is 0.300. The van der Waals surface area contributed by atoms with E-state index in [2.05, 4.69) is 4.72 Å². The average molecular weight is 294 g/mol. The highest BCUT2D eigenvalue weighted by molar-refractivity contribution is 7.89. The van der Waals surface area contributed by atoms with Gasteiger partial charge in [0, 0.05) is 18.7 Å². The molecule has 0 aromatic heterocycles. The van der Waals surface area contributed by atoms with Gasteiger partial charge in [0.1, 0.15) is 0 Å². The van der Waals surface area contributed by atoms with Gasteiger partial charge in [-0.3, -0.25) is 4.79 Å². The number of carbonyl (C=O) groups excluding carboxylic acids is 1. The Morgan fingerprint density at radius 2 is 2.00 bits per heavy atom. The zero-order chi connectivity index (χ0) is 13.1. The maximum atomic E-state index is 11.8. The second kappa shape index (κ2) is 6.69. The third-order valence-electron chi connectivity index (χ3n) is 2.22. The first kappa shape index (κ1) is 16.9. The molecule has 0 atom stereocenters. The lowest BCUT2D eigenvalue weighted by molar-refractivity contribution is 0.0999. The maximum absolute atomic E-state index is 11.8. The number of nitrogens with one attached hydrogen (secondary N) is 1. The lowest BCUT2D eigenvalue weighted by Crippen LogP contribution is -2.29. The maximum Gasteiger partial charge on any atom is 0.249 e. The lowest BCUT2D eigenvalue weighted by atomic mass is 10.1. The molecule has 6 nitrogen and oxygen atoms in total. The molecular weight excluding hydrogens is 278 g/mol. The first-order valence-corrected chi connectivity index (χ1v) is 6.47. The predicted molar refractivity (Wildman–Crippen MR) is 71.2 cm³/mol. The number of rotatable bonds is 5. The zero-order valence-corrected chi connectivity index (χ0v) is 11.5. The summed E-state index contributed by atoms with van der Waals surface area (Å²) in [6, 6.07) is 4.22. The highest BCUT2D eigenvalue weighted by atomic mass is 35.5. The van der Waals surface area contributed by atoms with Gasteiger partial charge in [0.15, 0.2) is 0 Å². The molecule has 0 bridgehead atoms. The number of nitrogens with two attached hydrogens (primary N) is 2. The van der Waals surface area contributed by atoms with Crippen molar-refractivity contribution in [3.05, 3.63) is 29.3 Å². The Morgan fingerprint density at radius 3 is 2.50 bits per heavy atom. The molecule has 0 spiro atoms. The number of halogens is 1. The molecule has 0 unspecified atom stereocenters. The lowest BCUT2D eigenvalue weighted by Gasteiger charge is -2.08. The molecule has 0 aliphatic rings. The first-order valence-electron chi connectivity index (χ1n) is 4.98. The van der Waals surface area contributed by atoms with Gasteiger partial charge < -0.3 is 11.5 Å². The van der Waals surface area contributed by atoms with Gasteiger partial charge in [-0.05, 0) is 24.6 Å². The average Bonchev–Trinajstić information content (AvgIpc) is 2.26. The number of benzene rings is 1. The number of carbonyl (C=O) groups is 1. The van der Waals surface area contributed by atoms with Gasteiger partial charge in [-0.25, -0.2) is 13.1 Å². The third kappa shape index (κ3) is 3.95. The number of amides is 1. The molecule has 0 saturated heterocycles. The van der Waals surface area contributed by atoms with E-state index >= 15 is 0 Å². The van der Waals surface area contributed by atoms with E-state index in [1.54, 1.807) is 6.92 Å². The molecule has 0 radical (unpaired) electrons. The fourth-order valence-electron chi connectivity index (χ4n) is 1.31. The summed E-state index contributed by atoms with van der Waals surface area (Å²) in [5.74, 6) is -0.654. The van der Waals surface area contributed by atoms with Crippen LogP contribution in [0.5, 0.6) is 0 Å². The Bertz CT molecular complexity index is 531. The van der Waals surface area contributed by atoms with Gasteiger partial charge in [0.05, 0.1) is 4.90 Å². The minimum Gasteiger partial charge on any atom is -0.366 e. The van der Waals surface area contributed by atoms with Crippen molar-refractivity contribution in [3.8, 4) is 0 Å². The van der Waals surface area contributed by atoms with Crippen LogP contribution in [0.2, 0.25) is 0 Å². The summed E-state index contributed by atoms with van der Waals surface area (Å²) >= 11 is 0. The van der Waals surface area contributed by atoms with Crippen LogP contribution < -0.4 is 16.2 Å². The molecule has 1 rings (SSSR count).